The van der Waals surface area contributed by atoms with Gasteiger partial charge in [-0.1, -0.05) is 19.3 Å². The number of ether oxygens (including phenoxy) is 2. The number of pyridine rings is 1. The molecule has 0 N–H and O–H groups in total. The SMILES string of the molecule is Brc1ccc(OCC2CCC3(CCCCC3)O2)cn1. The van der Waals surface area contributed by atoms with Crippen LogP contribution in [0.3, 0.4) is 0 Å². The summed E-state index contributed by atoms with van der Waals surface area (Å²) in [5.41, 5.74) is 0.185. The Hall–Kier alpha value is -0.610. The number of hydrogen-bond acceptors (Lipinski definition) is 3. The van der Waals surface area contributed by atoms with Gasteiger partial charge in [-0.15, -0.1) is 0 Å². The van der Waals surface area contributed by atoms with Gasteiger partial charge in [-0.05, 0) is 53.7 Å². The van der Waals surface area contributed by atoms with Crippen molar-refractivity contribution >= 4 is 15.9 Å². The lowest BCUT2D eigenvalue weighted by molar-refractivity contribution is -0.0748. The smallest absolute Gasteiger partial charge is 0.137 e. The van der Waals surface area contributed by atoms with Gasteiger partial charge in [0.15, 0.2) is 0 Å². The zero-order chi connectivity index (χ0) is 13.1. The van der Waals surface area contributed by atoms with E-state index in [0.29, 0.717) is 6.61 Å². The van der Waals surface area contributed by atoms with Crippen LogP contribution in [-0.2, 0) is 4.74 Å². The monoisotopic (exact) mass is 325 g/mol. The molecule has 2 heterocycles. The predicted molar refractivity (Wildman–Crippen MR) is 77.4 cm³/mol. The molecule has 1 unspecified atom stereocenters. The zero-order valence-corrected chi connectivity index (χ0v) is 12.7. The zero-order valence-electron chi connectivity index (χ0n) is 11.1. The summed E-state index contributed by atoms with van der Waals surface area (Å²) in [6, 6.07) is 3.83. The first kappa shape index (κ1) is 13.4. The standard InChI is InChI=1S/C15H20BrNO2/c16-14-5-4-12(10-17-14)18-11-13-6-9-15(19-13)7-2-1-3-8-15/h4-5,10,13H,1-3,6-9,11H2. The van der Waals surface area contributed by atoms with Gasteiger partial charge in [-0.25, -0.2) is 4.98 Å². The van der Waals surface area contributed by atoms with Crippen molar-refractivity contribution in [2.75, 3.05) is 6.61 Å². The molecule has 1 spiro atoms. The average molecular weight is 326 g/mol. The minimum Gasteiger partial charge on any atom is -0.489 e. The fraction of sp³-hybridized carbons (Fsp3) is 0.667. The van der Waals surface area contributed by atoms with Crippen LogP contribution in [0, 0.1) is 0 Å². The minimum atomic E-state index is 0.185. The molecule has 1 aliphatic heterocycles. The van der Waals surface area contributed by atoms with Gasteiger partial charge in [0.25, 0.3) is 0 Å². The van der Waals surface area contributed by atoms with Gasteiger partial charge in [-0.2, -0.15) is 0 Å². The first-order valence-electron chi connectivity index (χ1n) is 7.18. The van der Waals surface area contributed by atoms with E-state index in [9.17, 15) is 0 Å². The van der Waals surface area contributed by atoms with Crippen LogP contribution in [0.15, 0.2) is 22.9 Å². The molecular formula is C15H20BrNO2. The van der Waals surface area contributed by atoms with E-state index in [1.165, 1.54) is 38.5 Å². The number of nitrogens with zero attached hydrogens (tertiary/aromatic N) is 1. The van der Waals surface area contributed by atoms with E-state index in [4.69, 9.17) is 9.47 Å². The number of rotatable bonds is 3. The quantitative estimate of drug-likeness (QED) is 0.784. The second kappa shape index (κ2) is 5.80. The number of halogens is 1. The molecular weight excluding hydrogens is 306 g/mol. The molecule has 3 nitrogen and oxygen atoms in total. The molecule has 0 radical (unpaired) electrons. The van der Waals surface area contributed by atoms with Gasteiger partial charge in [-0.3, -0.25) is 0 Å². The molecule has 1 atom stereocenters. The normalized spacial score (nSPS) is 25.6. The van der Waals surface area contributed by atoms with Gasteiger partial charge < -0.3 is 9.47 Å². The molecule has 3 rings (SSSR count). The van der Waals surface area contributed by atoms with Crippen LogP contribution in [-0.4, -0.2) is 23.3 Å². The molecule has 19 heavy (non-hydrogen) atoms. The number of hydrogen-bond donors (Lipinski definition) is 0. The van der Waals surface area contributed by atoms with Crippen molar-refractivity contribution in [3.8, 4) is 5.75 Å². The molecule has 2 aliphatic rings. The largest absolute Gasteiger partial charge is 0.489 e. The highest BCUT2D eigenvalue weighted by Gasteiger charge is 2.40. The highest BCUT2D eigenvalue weighted by molar-refractivity contribution is 9.10. The Labute approximate surface area is 122 Å². The van der Waals surface area contributed by atoms with E-state index >= 15 is 0 Å². The third kappa shape index (κ3) is 3.29. The van der Waals surface area contributed by atoms with Crippen molar-refractivity contribution < 1.29 is 9.47 Å². The van der Waals surface area contributed by atoms with E-state index in [-0.39, 0.29) is 11.7 Å². The molecule has 1 saturated carbocycles. The Morgan fingerprint density at radius 1 is 1.26 bits per heavy atom. The van der Waals surface area contributed by atoms with Gasteiger partial charge in [0.05, 0.1) is 17.9 Å². The summed E-state index contributed by atoms with van der Waals surface area (Å²) in [7, 11) is 0. The van der Waals surface area contributed by atoms with Crippen molar-refractivity contribution in [3.63, 3.8) is 0 Å². The second-order valence-electron chi connectivity index (χ2n) is 5.65. The van der Waals surface area contributed by atoms with Crippen LogP contribution in [0.25, 0.3) is 0 Å². The van der Waals surface area contributed by atoms with E-state index < -0.39 is 0 Å². The fourth-order valence-corrected chi connectivity index (χ4v) is 3.45. The maximum Gasteiger partial charge on any atom is 0.137 e. The average Bonchev–Trinajstić information content (AvgIpc) is 2.82. The van der Waals surface area contributed by atoms with Gasteiger partial charge in [0, 0.05) is 0 Å². The van der Waals surface area contributed by atoms with Crippen LogP contribution in [0.1, 0.15) is 44.9 Å². The minimum absolute atomic E-state index is 0.185. The predicted octanol–water partition coefficient (Wildman–Crippen LogP) is 4.10. The van der Waals surface area contributed by atoms with Crippen molar-refractivity contribution in [3.05, 3.63) is 22.9 Å². The maximum absolute atomic E-state index is 6.28. The van der Waals surface area contributed by atoms with E-state index in [2.05, 4.69) is 20.9 Å². The van der Waals surface area contributed by atoms with Crippen LogP contribution >= 0.6 is 15.9 Å². The first-order chi connectivity index (χ1) is 9.26. The summed E-state index contributed by atoms with van der Waals surface area (Å²) in [4.78, 5) is 4.16. The van der Waals surface area contributed by atoms with E-state index in [1.807, 2.05) is 12.1 Å². The van der Waals surface area contributed by atoms with Crippen molar-refractivity contribution in [2.24, 2.45) is 0 Å². The van der Waals surface area contributed by atoms with E-state index in [1.54, 1.807) is 6.20 Å². The maximum atomic E-state index is 6.28. The number of aromatic nitrogens is 1. The summed E-state index contributed by atoms with van der Waals surface area (Å²) < 4.78 is 12.9. The lowest BCUT2D eigenvalue weighted by Crippen LogP contribution is -2.32. The summed E-state index contributed by atoms with van der Waals surface area (Å²) in [5.74, 6) is 0.816. The Morgan fingerprint density at radius 2 is 2.11 bits per heavy atom. The molecule has 1 aromatic heterocycles. The third-order valence-electron chi connectivity index (χ3n) is 4.24. The van der Waals surface area contributed by atoms with Crippen molar-refractivity contribution in [1.29, 1.82) is 0 Å². The second-order valence-corrected chi connectivity index (χ2v) is 6.46. The van der Waals surface area contributed by atoms with Crippen LogP contribution in [0.5, 0.6) is 5.75 Å². The topological polar surface area (TPSA) is 31.4 Å². The van der Waals surface area contributed by atoms with Crippen molar-refractivity contribution in [2.45, 2.75) is 56.7 Å². The fourth-order valence-electron chi connectivity index (χ4n) is 3.21. The molecule has 0 bridgehead atoms. The van der Waals surface area contributed by atoms with Gasteiger partial charge in [0.1, 0.15) is 17.0 Å². The van der Waals surface area contributed by atoms with Crippen LogP contribution < -0.4 is 4.74 Å². The van der Waals surface area contributed by atoms with Crippen molar-refractivity contribution in [1.82, 2.24) is 4.98 Å². The van der Waals surface area contributed by atoms with Gasteiger partial charge >= 0.3 is 0 Å². The molecule has 104 valence electrons. The van der Waals surface area contributed by atoms with Crippen LogP contribution in [0.2, 0.25) is 0 Å². The summed E-state index contributed by atoms with van der Waals surface area (Å²) >= 11 is 3.32. The first-order valence-corrected chi connectivity index (χ1v) is 7.97. The Bertz CT molecular complexity index is 415. The van der Waals surface area contributed by atoms with Crippen LogP contribution in [0.4, 0.5) is 0 Å². The highest BCUT2D eigenvalue weighted by atomic mass is 79.9. The molecule has 4 heteroatoms. The lowest BCUT2D eigenvalue weighted by Gasteiger charge is -2.33. The molecule has 1 aromatic rings. The van der Waals surface area contributed by atoms with E-state index in [0.717, 1.165) is 16.8 Å². The molecule has 1 saturated heterocycles. The molecule has 1 aliphatic carbocycles. The summed E-state index contributed by atoms with van der Waals surface area (Å²) in [6.07, 6.45) is 10.8. The third-order valence-corrected chi connectivity index (χ3v) is 4.71. The van der Waals surface area contributed by atoms with Gasteiger partial charge in [0.2, 0.25) is 0 Å². The molecule has 0 amide bonds. The Kier molecular flexibility index (Phi) is 4.08. The summed E-state index contributed by atoms with van der Waals surface area (Å²) in [6.45, 7) is 0.644. The Balaban J connectivity index is 1.50. The molecule has 2 fully saturated rings. The molecule has 0 aromatic carbocycles. The highest BCUT2D eigenvalue weighted by Crippen LogP contribution is 2.41. The Morgan fingerprint density at radius 3 is 2.84 bits per heavy atom. The lowest BCUT2D eigenvalue weighted by atomic mass is 9.83. The summed E-state index contributed by atoms with van der Waals surface area (Å²) in [5, 5.41) is 0.